The molecule has 0 radical (unpaired) electrons. The van der Waals surface area contributed by atoms with Crippen LogP contribution in [0.3, 0.4) is 0 Å². The van der Waals surface area contributed by atoms with Crippen LogP contribution in [0.1, 0.15) is 35.8 Å². The summed E-state index contributed by atoms with van der Waals surface area (Å²) in [4.78, 5) is 22.7. The third-order valence-corrected chi connectivity index (χ3v) is 3.05. The van der Waals surface area contributed by atoms with Gasteiger partial charge in [0, 0.05) is 18.4 Å². The first kappa shape index (κ1) is 14.0. The zero-order chi connectivity index (χ0) is 14.9. The van der Waals surface area contributed by atoms with E-state index in [-0.39, 0.29) is 23.8 Å². The predicted octanol–water partition coefficient (Wildman–Crippen LogP) is 2.12. The fourth-order valence-electron chi connectivity index (χ4n) is 1.97. The molecular formula is C14H15FN2O3. The second kappa shape index (κ2) is 5.32. The van der Waals surface area contributed by atoms with Gasteiger partial charge >= 0.3 is 11.7 Å². The van der Waals surface area contributed by atoms with Gasteiger partial charge in [-0.25, -0.2) is 14.0 Å². The van der Waals surface area contributed by atoms with Crippen LogP contribution in [0.2, 0.25) is 0 Å². The number of hydrogen-bond donors (Lipinski definition) is 1. The highest BCUT2D eigenvalue weighted by molar-refractivity contribution is 5.87. The van der Waals surface area contributed by atoms with E-state index in [1.54, 1.807) is 17.0 Å². The number of carboxylic acid groups (broad SMARTS) is 1. The molecule has 2 rings (SSSR count). The topological polar surface area (TPSA) is 64.2 Å². The van der Waals surface area contributed by atoms with Crippen molar-refractivity contribution in [1.29, 1.82) is 0 Å². The normalized spacial score (nSPS) is 11.0. The van der Waals surface area contributed by atoms with E-state index < -0.39 is 11.8 Å². The summed E-state index contributed by atoms with van der Waals surface area (Å²) in [6, 6.07) is 3.90. The highest BCUT2D eigenvalue weighted by atomic mass is 19.1. The summed E-state index contributed by atoms with van der Waals surface area (Å²) in [5.41, 5.74) is -0.0142. The highest BCUT2D eigenvalue weighted by Crippen LogP contribution is 2.11. The minimum absolute atomic E-state index is 0.0508. The molecule has 20 heavy (non-hydrogen) atoms. The Labute approximate surface area is 114 Å². The number of carbonyl (C=O) groups is 1. The van der Waals surface area contributed by atoms with Gasteiger partial charge in [-0.15, -0.1) is 0 Å². The van der Waals surface area contributed by atoms with Crippen molar-refractivity contribution in [2.75, 3.05) is 0 Å². The number of nitrogens with zero attached hydrogens (tertiary/aromatic N) is 2. The van der Waals surface area contributed by atoms with E-state index in [2.05, 4.69) is 0 Å². The molecule has 1 N–H and O–H groups in total. The molecule has 0 atom stereocenters. The molecule has 0 saturated carbocycles. The Balaban J connectivity index is 2.29. The van der Waals surface area contributed by atoms with Crippen LogP contribution in [0.5, 0.6) is 0 Å². The lowest BCUT2D eigenvalue weighted by molar-refractivity contribution is 0.0692. The Kier molecular flexibility index (Phi) is 3.74. The minimum Gasteiger partial charge on any atom is -0.478 e. The van der Waals surface area contributed by atoms with E-state index in [4.69, 9.17) is 5.11 Å². The smallest absolute Gasteiger partial charge is 0.338 e. The Morgan fingerprint density at radius 2 is 2.05 bits per heavy atom. The number of benzene rings is 1. The molecule has 0 bridgehead atoms. The number of rotatable bonds is 4. The maximum Gasteiger partial charge on any atom is 0.338 e. The van der Waals surface area contributed by atoms with Crippen molar-refractivity contribution >= 4 is 5.97 Å². The van der Waals surface area contributed by atoms with E-state index in [0.717, 1.165) is 6.07 Å². The molecule has 106 valence electrons. The molecule has 5 nitrogen and oxygen atoms in total. The molecule has 0 aliphatic carbocycles. The molecule has 0 fully saturated rings. The molecule has 2 aromatic rings. The standard InChI is InChI=1S/C14H15FN2O3/c1-9(2)17-6-5-16(14(17)20)8-10-3-4-11(13(18)19)12(15)7-10/h3-7,9H,8H2,1-2H3,(H,18,19). The lowest BCUT2D eigenvalue weighted by Crippen LogP contribution is -2.25. The van der Waals surface area contributed by atoms with Crippen LogP contribution in [0, 0.1) is 5.82 Å². The van der Waals surface area contributed by atoms with Crippen LogP contribution < -0.4 is 5.69 Å². The van der Waals surface area contributed by atoms with Crippen LogP contribution in [0.25, 0.3) is 0 Å². The second-order valence-corrected chi connectivity index (χ2v) is 4.83. The molecule has 0 aliphatic heterocycles. The number of carboxylic acids is 1. The summed E-state index contributed by atoms with van der Waals surface area (Å²) in [6.45, 7) is 4.00. The lowest BCUT2D eigenvalue weighted by atomic mass is 10.1. The van der Waals surface area contributed by atoms with Crippen LogP contribution in [-0.4, -0.2) is 20.2 Å². The van der Waals surface area contributed by atoms with E-state index in [0.29, 0.717) is 5.56 Å². The first-order valence-corrected chi connectivity index (χ1v) is 6.19. The summed E-state index contributed by atoms with van der Waals surface area (Å²) in [5, 5.41) is 8.76. The third kappa shape index (κ3) is 2.64. The largest absolute Gasteiger partial charge is 0.478 e. The number of imidazole rings is 1. The van der Waals surface area contributed by atoms with Crippen LogP contribution in [0.4, 0.5) is 4.39 Å². The number of aromatic nitrogens is 2. The monoisotopic (exact) mass is 278 g/mol. The van der Waals surface area contributed by atoms with E-state index >= 15 is 0 Å². The highest BCUT2D eigenvalue weighted by Gasteiger charge is 2.12. The summed E-state index contributed by atoms with van der Waals surface area (Å²) in [6.07, 6.45) is 3.31. The Morgan fingerprint density at radius 1 is 1.35 bits per heavy atom. The van der Waals surface area contributed by atoms with Gasteiger partial charge in [0.25, 0.3) is 0 Å². The quantitative estimate of drug-likeness (QED) is 0.931. The van der Waals surface area contributed by atoms with Gasteiger partial charge in [-0.05, 0) is 31.5 Å². The van der Waals surface area contributed by atoms with Gasteiger partial charge in [0.15, 0.2) is 0 Å². The van der Waals surface area contributed by atoms with Crippen molar-refractivity contribution < 1.29 is 14.3 Å². The first-order chi connectivity index (χ1) is 9.40. The number of aromatic carboxylic acids is 1. The Hall–Kier alpha value is -2.37. The molecule has 0 aliphatic rings. The average molecular weight is 278 g/mol. The third-order valence-electron chi connectivity index (χ3n) is 3.05. The van der Waals surface area contributed by atoms with Crippen molar-refractivity contribution in [3.05, 3.63) is 58.0 Å². The molecule has 1 aromatic carbocycles. The lowest BCUT2D eigenvalue weighted by Gasteiger charge is -2.06. The minimum atomic E-state index is -1.31. The van der Waals surface area contributed by atoms with Crippen molar-refractivity contribution in [3.8, 4) is 0 Å². The summed E-state index contributed by atoms with van der Waals surface area (Å²) in [7, 11) is 0. The molecule has 1 aromatic heterocycles. The van der Waals surface area contributed by atoms with Crippen molar-refractivity contribution in [3.63, 3.8) is 0 Å². The van der Waals surface area contributed by atoms with Gasteiger partial charge in [0.05, 0.1) is 12.1 Å². The fraction of sp³-hybridized carbons (Fsp3) is 0.286. The molecule has 0 saturated heterocycles. The van der Waals surface area contributed by atoms with Gasteiger partial charge in [-0.3, -0.25) is 9.13 Å². The molecular weight excluding hydrogens is 263 g/mol. The molecule has 0 amide bonds. The molecule has 1 heterocycles. The predicted molar refractivity (Wildman–Crippen MR) is 71.5 cm³/mol. The van der Waals surface area contributed by atoms with Gasteiger partial charge < -0.3 is 5.11 Å². The van der Waals surface area contributed by atoms with Crippen molar-refractivity contribution in [2.24, 2.45) is 0 Å². The van der Waals surface area contributed by atoms with Gasteiger partial charge in [-0.2, -0.15) is 0 Å². The van der Waals surface area contributed by atoms with Gasteiger partial charge in [0.1, 0.15) is 5.82 Å². The Morgan fingerprint density at radius 3 is 2.55 bits per heavy atom. The number of halogens is 1. The zero-order valence-corrected chi connectivity index (χ0v) is 11.2. The van der Waals surface area contributed by atoms with Crippen LogP contribution in [0.15, 0.2) is 35.4 Å². The van der Waals surface area contributed by atoms with Crippen molar-refractivity contribution in [1.82, 2.24) is 9.13 Å². The molecule has 6 heteroatoms. The second-order valence-electron chi connectivity index (χ2n) is 4.83. The zero-order valence-electron chi connectivity index (χ0n) is 11.2. The SMILES string of the molecule is CC(C)n1ccn(Cc2ccc(C(=O)O)c(F)c2)c1=O. The van der Waals surface area contributed by atoms with E-state index in [9.17, 15) is 14.0 Å². The van der Waals surface area contributed by atoms with Crippen LogP contribution >= 0.6 is 0 Å². The Bertz CT molecular complexity index is 701. The van der Waals surface area contributed by atoms with Crippen molar-refractivity contribution in [2.45, 2.75) is 26.4 Å². The van der Waals surface area contributed by atoms with Crippen LogP contribution in [-0.2, 0) is 6.54 Å². The maximum atomic E-state index is 13.6. The summed E-state index contributed by atoms with van der Waals surface area (Å²) < 4.78 is 16.6. The molecule has 0 spiro atoms. The van der Waals surface area contributed by atoms with Gasteiger partial charge in [0.2, 0.25) is 0 Å². The summed E-state index contributed by atoms with van der Waals surface area (Å²) >= 11 is 0. The fourth-order valence-corrected chi connectivity index (χ4v) is 1.97. The average Bonchev–Trinajstić information content (AvgIpc) is 2.70. The first-order valence-electron chi connectivity index (χ1n) is 6.19. The van der Waals surface area contributed by atoms with E-state index in [1.165, 1.54) is 16.7 Å². The van der Waals surface area contributed by atoms with E-state index in [1.807, 2.05) is 13.8 Å². The number of hydrogen-bond acceptors (Lipinski definition) is 2. The maximum absolute atomic E-state index is 13.6. The van der Waals surface area contributed by atoms with Gasteiger partial charge in [-0.1, -0.05) is 6.07 Å². The molecule has 0 unspecified atom stereocenters. The summed E-state index contributed by atoms with van der Waals surface area (Å²) in [5.74, 6) is -2.11.